The minimum atomic E-state index is -4.51. The van der Waals surface area contributed by atoms with Crippen LogP contribution in [0.3, 0.4) is 0 Å². The fraction of sp³-hybridized carbons (Fsp3) is 0.333. The van der Waals surface area contributed by atoms with E-state index in [1.54, 1.807) is 17.5 Å². The molecule has 3 heterocycles. The number of hydrogen-bond acceptors (Lipinski definition) is 5. The van der Waals surface area contributed by atoms with Gasteiger partial charge in [-0.25, -0.2) is 4.68 Å². The fourth-order valence-electron chi connectivity index (χ4n) is 2.35. The van der Waals surface area contributed by atoms with E-state index in [0.29, 0.717) is 4.68 Å². The summed E-state index contributed by atoms with van der Waals surface area (Å²) in [5.74, 6) is -1.58. The minimum Gasteiger partial charge on any atom is -0.543 e. The number of alkyl halides is 3. The summed E-state index contributed by atoms with van der Waals surface area (Å²) in [6, 6.07) is 2.15. The van der Waals surface area contributed by atoms with Crippen LogP contribution < -0.4 is 10.4 Å². The number of carboxylic acid groups (broad SMARTS) is 1. The summed E-state index contributed by atoms with van der Waals surface area (Å²) >= 11 is 1.34. The maximum Gasteiger partial charge on any atom is 0.410 e. The van der Waals surface area contributed by atoms with Crippen LogP contribution >= 0.6 is 11.3 Å². The number of carbonyl (C=O) groups is 1. The van der Waals surface area contributed by atoms with Crippen LogP contribution in [0.1, 0.15) is 33.9 Å². The Kier molecular flexibility index (Phi) is 3.16. The highest BCUT2D eigenvalue weighted by atomic mass is 32.1. The Bertz CT molecular complexity index is 666. The highest BCUT2D eigenvalue weighted by Gasteiger charge is 2.46. The molecule has 0 spiro atoms. The summed E-state index contributed by atoms with van der Waals surface area (Å²) in [5.41, 5.74) is -0.515. The summed E-state index contributed by atoms with van der Waals surface area (Å²) in [5, 5.41) is 19.0. The second-order valence-electron chi connectivity index (χ2n) is 4.65. The molecule has 1 aliphatic heterocycles. The third kappa shape index (κ3) is 2.48. The normalized spacial score (nSPS) is 21.7. The second kappa shape index (κ2) is 4.76. The van der Waals surface area contributed by atoms with Crippen molar-refractivity contribution in [3.05, 3.63) is 34.2 Å². The molecule has 0 saturated heterocycles. The molecule has 3 rings (SSSR count). The van der Waals surface area contributed by atoms with Crippen molar-refractivity contribution in [3.8, 4) is 0 Å². The van der Waals surface area contributed by atoms with Crippen molar-refractivity contribution in [2.75, 3.05) is 5.32 Å². The molecular formula is C12H9F3N3O2S-. The first-order chi connectivity index (χ1) is 9.86. The first-order valence-corrected chi connectivity index (χ1v) is 6.92. The van der Waals surface area contributed by atoms with Gasteiger partial charge in [0.2, 0.25) is 0 Å². The number of nitrogens with zero attached hydrogens (tertiary/aromatic N) is 2. The molecule has 5 nitrogen and oxygen atoms in total. The lowest BCUT2D eigenvalue weighted by Gasteiger charge is -2.32. The number of halogens is 3. The van der Waals surface area contributed by atoms with Gasteiger partial charge >= 0.3 is 6.18 Å². The van der Waals surface area contributed by atoms with E-state index >= 15 is 0 Å². The molecule has 2 aromatic rings. The van der Waals surface area contributed by atoms with Crippen molar-refractivity contribution in [2.24, 2.45) is 0 Å². The predicted octanol–water partition coefficient (Wildman–Crippen LogP) is 1.97. The molecule has 21 heavy (non-hydrogen) atoms. The summed E-state index contributed by atoms with van der Waals surface area (Å²) in [7, 11) is 0. The Morgan fingerprint density at radius 2 is 2.29 bits per heavy atom. The van der Waals surface area contributed by atoms with E-state index < -0.39 is 29.9 Å². The molecule has 0 unspecified atom stereocenters. The van der Waals surface area contributed by atoms with Crippen molar-refractivity contribution in [1.29, 1.82) is 0 Å². The Hall–Kier alpha value is -2.03. The zero-order valence-corrected chi connectivity index (χ0v) is 11.2. The number of thiophene rings is 1. The van der Waals surface area contributed by atoms with Gasteiger partial charge in [0, 0.05) is 17.4 Å². The van der Waals surface area contributed by atoms with Crippen molar-refractivity contribution < 1.29 is 23.1 Å². The molecule has 112 valence electrons. The van der Waals surface area contributed by atoms with E-state index in [1.165, 1.54) is 11.3 Å². The smallest absolute Gasteiger partial charge is 0.410 e. The van der Waals surface area contributed by atoms with Crippen LogP contribution in [0.25, 0.3) is 0 Å². The van der Waals surface area contributed by atoms with Gasteiger partial charge in [-0.15, -0.1) is 11.3 Å². The molecule has 1 N–H and O–H groups in total. The second-order valence-corrected chi connectivity index (χ2v) is 5.63. The van der Waals surface area contributed by atoms with E-state index in [1.807, 2.05) is 0 Å². The molecule has 0 aliphatic carbocycles. The Morgan fingerprint density at radius 1 is 1.52 bits per heavy atom. The van der Waals surface area contributed by atoms with Crippen molar-refractivity contribution in [1.82, 2.24) is 9.78 Å². The molecule has 9 heteroatoms. The lowest BCUT2D eigenvalue weighted by Crippen LogP contribution is -2.35. The number of carboxylic acids is 1. The monoisotopic (exact) mass is 316 g/mol. The SMILES string of the molecule is O=C([O-])c1cc2n(n1)[C@H](C(F)(F)F)C[C@H](c1cccs1)N2. The lowest BCUT2D eigenvalue weighted by molar-refractivity contribution is -0.255. The third-order valence-electron chi connectivity index (χ3n) is 3.29. The van der Waals surface area contributed by atoms with Gasteiger partial charge in [0.1, 0.15) is 11.5 Å². The number of anilines is 1. The number of fused-ring (bicyclic) bond motifs is 1. The number of hydrogen-bond donors (Lipinski definition) is 1. The average Bonchev–Trinajstić information content (AvgIpc) is 3.05. The minimum absolute atomic E-state index is 0.0289. The molecule has 2 aromatic heterocycles. The fourth-order valence-corrected chi connectivity index (χ4v) is 3.14. The van der Waals surface area contributed by atoms with Crippen LogP contribution in [-0.4, -0.2) is 21.9 Å². The molecule has 0 amide bonds. The standard InChI is InChI=1S/C12H10F3N3O2S/c13-12(14,15)9-4-6(8-2-1-3-21-8)16-10-5-7(11(19)20)17-18(9)10/h1-3,5-6,9,16H,4H2,(H,19,20)/p-1/t6-,9+/m1/s1. The zero-order valence-electron chi connectivity index (χ0n) is 10.4. The summed E-state index contributed by atoms with van der Waals surface area (Å²) in [6.07, 6.45) is -4.76. The summed E-state index contributed by atoms with van der Waals surface area (Å²) in [4.78, 5) is 11.5. The molecule has 1 aliphatic rings. The third-order valence-corrected chi connectivity index (χ3v) is 4.27. The molecule has 0 aromatic carbocycles. The van der Waals surface area contributed by atoms with Crippen LogP contribution in [0.2, 0.25) is 0 Å². The van der Waals surface area contributed by atoms with E-state index in [4.69, 9.17) is 0 Å². The number of carbonyl (C=O) groups excluding carboxylic acids is 1. The average molecular weight is 316 g/mol. The van der Waals surface area contributed by atoms with E-state index in [0.717, 1.165) is 10.9 Å². The molecule has 0 bridgehead atoms. The Balaban J connectivity index is 2.03. The number of aromatic nitrogens is 2. The topological polar surface area (TPSA) is 70.0 Å². The largest absolute Gasteiger partial charge is 0.543 e. The maximum absolute atomic E-state index is 13.2. The van der Waals surface area contributed by atoms with Crippen LogP contribution in [-0.2, 0) is 0 Å². The van der Waals surface area contributed by atoms with Crippen molar-refractivity contribution in [2.45, 2.75) is 24.7 Å². The van der Waals surface area contributed by atoms with Gasteiger partial charge in [-0.2, -0.15) is 18.3 Å². The summed E-state index contributed by atoms with van der Waals surface area (Å²) in [6.45, 7) is 0. The van der Waals surface area contributed by atoms with Gasteiger partial charge < -0.3 is 15.2 Å². The van der Waals surface area contributed by atoms with Crippen molar-refractivity contribution in [3.63, 3.8) is 0 Å². The van der Waals surface area contributed by atoms with Crippen LogP contribution in [0, 0.1) is 0 Å². The summed E-state index contributed by atoms with van der Waals surface area (Å²) < 4.78 is 40.3. The van der Waals surface area contributed by atoms with E-state index in [2.05, 4.69) is 10.4 Å². The highest BCUT2D eigenvalue weighted by Crippen LogP contribution is 2.44. The quantitative estimate of drug-likeness (QED) is 0.919. The van der Waals surface area contributed by atoms with E-state index in [9.17, 15) is 23.1 Å². The molecule has 0 fully saturated rings. The molecule has 0 radical (unpaired) electrons. The lowest BCUT2D eigenvalue weighted by atomic mass is 10.0. The first-order valence-electron chi connectivity index (χ1n) is 6.04. The van der Waals surface area contributed by atoms with Gasteiger partial charge in [0.15, 0.2) is 6.04 Å². The number of aromatic carboxylic acids is 1. The zero-order chi connectivity index (χ0) is 15.2. The van der Waals surface area contributed by atoms with Gasteiger partial charge in [0.25, 0.3) is 0 Å². The number of nitrogens with one attached hydrogen (secondary N) is 1. The van der Waals surface area contributed by atoms with Crippen LogP contribution in [0.5, 0.6) is 0 Å². The van der Waals surface area contributed by atoms with Gasteiger partial charge in [0.05, 0.1) is 12.0 Å². The maximum atomic E-state index is 13.2. The number of rotatable bonds is 2. The highest BCUT2D eigenvalue weighted by molar-refractivity contribution is 7.10. The first kappa shape index (κ1) is 13.9. The van der Waals surface area contributed by atoms with Gasteiger partial charge in [-0.05, 0) is 11.4 Å². The van der Waals surface area contributed by atoms with Crippen LogP contribution in [0.4, 0.5) is 19.0 Å². The molecule has 2 atom stereocenters. The molecule has 0 saturated carbocycles. The molecular weight excluding hydrogens is 307 g/mol. The van der Waals surface area contributed by atoms with Gasteiger partial charge in [-0.3, -0.25) is 0 Å². The van der Waals surface area contributed by atoms with E-state index in [-0.39, 0.29) is 12.2 Å². The Labute approximate surface area is 121 Å². The Morgan fingerprint density at radius 3 is 2.86 bits per heavy atom. The van der Waals surface area contributed by atoms with Crippen LogP contribution in [0.15, 0.2) is 23.6 Å². The predicted molar refractivity (Wildman–Crippen MR) is 66.9 cm³/mol. The van der Waals surface area contributed by atoms with Gasteiger partial charge in [-0.1, -0.05) is 6.07 Å². The van der Waals surface area contributed by atoms with Crippen molar-refractivity contribution >= 4 is 23.1 Å².